The monoisotopic (exact) mass is 261 g/mol. The summed E-state index contributed by atoms with van der Waals surface area (Å²) in [7, 11) is 0. The number of anilines is 1. The summed E-state index contributed by atoms with van der Waals surface area (Å²) in [4.78, 5) is 20.0. The molecule has 0 aromatic carbocycles. The molecule has 1 aromatic heterocycles. The third-order valence-electron chi connectivity index (χ3n) is 3.09. The predicted octanol–water partition coefficient (Wildman–Crippen LogP) is 1.88. The van der Waals surface area contributed by atoms with Crippen LogP contribution >= 0.6 is 23.2 Å². The normalized spacial score (nSPS) is 25.1. The molecule has 0 radical (unpaired) electrons. The van der Waals surface area contributed by atoms with Crippen molar-refractivity contribution in [3.63, 3.8) is 0 Å². The first-order chi connectivity index (χ1) is 7.65. The Morgan fingerprint density at radius 2 is 2.44 bits per heavy atom. The lowest BCUT2D eigenvalue weighted by Crippen LogP contribution is -2.35. The Hall–Kier alpha value is -0.740. The minimum atomic E-state index is -0.306. The average Bonchev–Trinajstić information content (AvgIpc) is 2.63. The number of hydrogen-bond acceptors (Lipinski definition) is 3. The summed E-state index contributed by atoms with van der Waals surface area (Å²) in [6.45, 7) is 2.99. The minimum Gasteiger partial charge on any atom is -0.351 e. The SMILES string of the molecule is CC1CCN(c2nc[nH]c(=O)c2Cl)C1CCl. The van der Waals surface area contributed by atoms with Crippen molar-refractivity contribution < 1.29 is 0 Å². The number of nitrogens with zero attached hydrogens (tertiary/aromatic N) is 2. The highest BCUT2D eigenvalue weighted by molar-refractivity contribution is 6.32. The molecule has 16 heavy (non-hydrogen) atoms. The second-order valence-electron chi connectivity index (χ2n) is 4.05. The van der Waals surface area contributed by atoms with Crippen molar-refractivity contribution in [1.82, 2.24) is 9.97 Å². The van der Waals surface area contributed by atoms with Gasteiger partial charge in [0.15, 0.2) is 5.82 Å². The standard InChI is InChI=1S/C10H13Cl2N3O/c1-6-2-3-15(7(6)4-11)9-8(12)10(16)14-5-13-9/h5-7H,2-4H2,1H3,(H,13,14,16). The van der Waals surface area contributed by atoms with Crippen molar-refractivity contribution in [3.05, 3.63) is 21.7 Å². The fraction of sp³-hybridized carbons (Fsp3) is 0.600. The van der Waals surface area contributed by atoms with Crippen LogP contribution in [0, 0.1) is 5.92 Å². The Morgan fingerprint density at radius 3 is 3.12 bits per heavy atom. The van der Waals surface area contributed by atoms with Crippen molar-refractivity contribution in [3.8, 4) is 0 Å². The molecular weight excluding hydrogens is 249 g/mol. The van der Waals surface area contributed by atoms with E-state index in [1.165, 1.54) is 6.33 Å². The van der Waals surface area contributed by atoms with Crippen LogP contribution < -0.4 is 10.5 Å². The number of H-pyrrole nitrogens is 1. The first-order valence-corrected chi connectivity index (χ1v) is 6.12. The van der Waals surface area contributed by atoms with Gasteiger partial charge in [-0.05, 0) is 12.3 Å². The molecule has 0 aliphatic carbocycles. The predicted molar refractivity (Wildman–Crippen MR) is 65.5 cm³/mol. The maximum absolute atomic E-state index is 11.4. The van der Waals surface area contributed by atoms with Gasteiger partial charge in [0.25, 0.3) is 5.56 Å². The molecular formula is C10H13Cl2N3O. The fourth-order valence-corrected chi connectivity index (χ4v) is 2.76. The molecule has 6 heteroatoms. The quantitative estimate of drug-likeness (QED) is 0.828. The lowest BCUT2D eigenvalue weighted by atomic mass is 10.1. The van der Waals surface area contributed by atoms with E-state index in [0.29, 0.717) is 17.6 Å². The van der Waals surface area contributed by atoms with Crippen LogP contribution in [0.4, 0.5) is 5.82 Å². The van der Waals surface area contributed by atoms with E-state index < -0.39 is 0 Å². The van der Waals surface area contributed by atoms with Crippen molar-refractivity contribution >= 4 is 29.0 Å². The van der Waals surface area contributed by atoms with Crippen LogP contribution in [0.2, 0.25) is 5.02 Å². The topological polar surface area (TPSA) is 49.0 Å². The number of aromatic nitrogens is 2. The van der Waals surface area contributed by atoms with Gasteiger partial charge < -0.3 is 9.88 Å². The number of halogens is 2. The molecule has 2 rings (SSSR count). The maximum atomic E-state index is 11.4. The second kappa shape index (κ2) is 4.63. The van der Waals surface area contributed by atoms with E-state index in [-0.39, 0.29) is 16.6 Å². The van der Waals surface area contributed by atoms with E-state index in [2.05, 4.69) is 16.9 Å². The smallest absolute Gasteiger partial charge is 0.271 e. The highest BCUT2D eigenvalue weighted by atomic mass is 35.5. The molecule has 1 fully saturated rings. The van der Waals surface area contributed by atoms with Crippen LogP contribution in [0.15, 0.2) is 11.1 Å². The first kappa shape index (κ1) is 11.7. The van der Waals surface area contributed by atoms with Crippen LogP contribution in [0.3, 0.4) is 0 Å². The molecule has 0 saturated carbocycles. The molecule has 1 aliphatic heterocycles. The van der Waals surface area contributed by atoms with E-state index in [9.17, 15) is 4.79 Å². The zero-order valence-corrected chi connectivity index (χ0v) is 10.4. The van der Waals surface area contributed by atoms with Crippen LogP contribution in [0.25, 0.3) is 0 Å². The zero-order chi connectivity index (χ0) is 11.7. The largest absolute Gasteiger partial charge is 0.351 e. The van der Waals surface area contributed by atoms with Gasteiger partial charge in [0.1, 0.15) is 5.02 Å². The van der Waals surface area contributed by atoms with E-state index in [1.54, 1.807) is 0 Å². The average molecular weight is 262 g/mol. The summed E-state index contributed by atoms with van der Waals surface area (Å²) in [5, 5.41) is 0.145. The third kappa shape index (κ3) is 1.92. The number of rotatable bonds is 2. The van der Waals surface area contributed by atoms with Crippen LogP contribution in [0.5, 0.6) is 0 Å². The summed E-state index contributed by atoms with van der Waals surface area (Å²) in [6, 6.07) is 0.202. The van der Waals surface area contributed by atoms with Gasteiger partial charge in [-0.25, -0.2) is 4.98 Å². The Morgan fingerprint density at radius 1 is 1.69 bits per heavy atom. The number of aromatic amines is 1. The molecule has 0 bridgehead atoms. The number of hydrogen-bond donors (Lipinski definition) is 1. The zero-order valence-electron chi connectivity index (χ0n) is 8.91. The van der Waals surface area contributed by atoms with Gasteiger partial charge >= 0.3 is 0 Å². The minimum absolute atomic E-state index is 0.145. The second-order valence-corrected chi connectivity index (χ2v) is 4.74. The Kier molecular flexibility index (Phi) is 3.40. The van der Waals surface area contributed by atoms with Gasteiger partial charge in [-0.2, -0.15) is 0 Å². The molecule has 2 heterocycles. The van der Waals surface area contributed by atoms with Crippen molar-refractivity contribution in [2.75, 3.05) is 17.3 Å². The third-order valence-corrected chi connectivity index (χ3v) is 3.75. The lowest BCUT2D eigenvalue weighted by Gasteiger charge is -2.26. The van der Waals surface area contributed by atoms with E-state index in [1.807, 2.05) is 4.90 Å². The van der Waals surface area contributed by atoms with Gasteiger partial charge in [-0.15, -0.1) is 11.6 Å². The molecule has 2 atom stereocenters. The number of nitrogens with one attached hydrogen (secondary N) is 1. The van der Waals surface area contributed by atoms with Crippen molar-refractivity contribution in [2.24, 2.45) is 5.92 Å². The van der Waals surface area contributed by atoms with Gasteiger partial charge in [0, 0.05) is 18.5 Å². The van der Waals surface area contributed by atoms with Crippen LogP contribution in [-0.2, 0) is 0 Å². The molecule has 1 aliphatic rings. The molecule has 2 unspecified atom stereocenters. The van der Waals surface area contributed by atoms with Crippen LogP contribution in [0.1, 0.15) is 13.3 Å². The highest BCUT2D eigenvalue weighted by Gasteiger charge is 2.32. The van der Waals surface area contributed by atoms with Gasteiger partial charge in [0.2, 0.25) is 0 Å². The summed E-state index contributed by atoms with van der Waals surface area (Å²) in [5.41, 5.74) is -0.306. The molecule has 4 nitrogen and oxygen atoms in total. The fourth-order valence-electron chi connectivity index (χ4n) is 2.08. The molecule has 88 valence electrons. The molecule has 1 aromatic rings. The molecule has 0 amide bonds. The van der Waals surface area contributed by atoms with Gasteiger partial charge in [-0.3, -0.25) is 4.79 Å². The van der Waals surface area contributed by atoms with Gasteiger partial charge in [0.05, 0.1) is 6.33 Å². The first-order valence-electron chi connectivity index (χ1n) is 5.21. The van der Waals surface area contributed by atoms with Crippen molar-refractivity contribution in [2.45, 2.75) is 19.4 Å². The Balaban J connectivity index is 2.37. The summed E-state index contributed by atoms with van der Waals surface area (Å²) in [6.07, 6.45) is 2.42. The highest BCUT2D eigenvalue weighted by Crippen LogP contribution is 2.31. The summed E-state index contributed by atoms with van der Waals surface area (Å²) in [5.74, 6) is 1.56. The maximum Gasteiger partial charge on any atom is 0.271 e. The molecule has 1 N–H and O–H groups in total. The van der Waals surface area contributed by atoms with E-state index >= 15 is 0 Å². The lowest BCUT2D eigenvalue weighted by molar-refractivity contribution is 0.548. The van der Waals surface area contributed by atoms with Gasteiger partial charge in [-0.1, -0.05) is 18.5 Å². The Labute approximate surface area is 104 Å². The summed E-state index contributed by atoms with van der Waals surface area (Å²) >= 11 is 11.9. The summed E-state index contributed by atoms with van der Waals surface area (Å²) < 4.78 is 0. The van der Waals surface area contributed by atoms with Crippen molar-refractivity contribution in [1.29, 1.82) is 0 Å². The van der Waals surface area contributed by atoms with E-state index in [0.717, 1.165) is 13.0 Å². The molecule has 1 saturated heterocycles. The molecule has 0 spiro atoms. The Bertz CT molecular complexity index is 434. The van der Waals surface area contributed by atoms with E-state index in [4.69, 9.17) is 23.2 Å². The number of alkyl halides is 1. The van der Waals surface area contributed by atoms with Crippen LogP contribution in [-0.4, -0.2) is 28.4 Å².